The average Bonchev–Trinajstić information content (AvgIpc) is 2.02. The van der Waals surface area contributed by atoms with Crippen LogP contribution in [-0.2, 0) is 9.53 Å². The predicted molar refractivity (Wildman–Crippen MR) is 57.0 cm³/mol. The van der Waals surface area contributed by atoms with Crippen LogP contribution in [-0.4, -0.2) is 12.1 Å². The molecule has 1 unspecified atom stereocenters. The lowest BCUT2D eigenvalue weighted by atomic mass is 9.67. The van der Waals surface area contributed by atoms with Crippen LogP contribution in [0.3, 0.4) is 0 Å². The van der Waals surface area contributed by atoms with Gasteiger partial charge in [-0.1, -0.05) is 20.8 Å². The first-order valence-corrected chi connectivity index (χ1v) is 5.61. The molecule has 1 fully saturated rings. The highest BCUT2D eigenvalue weighted by molar-refractivity contribution is 5.66. The zero-order valence-electron chi connectivity index (χ0n) is 9.80. The molecule has 0 N–H and O–H groups in total. The molecule has 0 saturated heterocycles. The van der Waals surface area contributed by atoms with Gasteiger partial charge >= 0.3 is 5.97 Å². The summed E-state index contributed by atoms with van der Waals surface area (Å²) in [4.78, 5) is 10.9. The second kappa shape index (κ2) is 4.33. The second-order valence-corrected chi connectivity index (χ2v) is 5.14. The molecule has 2 atom stereocenters. The first-order valence-electron chi connectivity index (χ1n) is 5.61. The Balaban J connectivity index is 2.55. The molecule has 0 spiro atoms. The number of hydrogen-bond acceptors (Lipinski definition) is 2. The molecule has 0 heterocycles. The molecule has 0 bridgehead atoms. The normalized spacial score (nSPS) is 33.1. The summed E-state index contributed by atoms with van der Waals surface area (Å²) in [7, 11) is 0. The molecule has 2 heteroatoms. The SMILES string of the molecule is CC(=O)OC1CCC[C@@](C)(C(C)C)C1. The van der Waals surface area contributed by atoms with Gasteiger partial charge in [-0.05, 0) is 37.0 Å². The molecule has 14 heavy (non-hydrogen) atoms. The maximum Gasteiger partial charge on any atom is 0.302 e. The van der Waals surface area contributed by atoms with Crippen molar-refractivity contribution >= 4 is 5.97 Å². The van der Waals surface area contributed by atoms with Crippen LogP contribution in [0.4, 0.5) is 0 Å². The summed E-state index contributed by atoms with van der Waals surface area (Å²) in [6.07, 6.45) is 4.69. The number of hydrogen-bond donors (Lipinski definition) is 0. The fraction of sp³-hybridized carbons (Fsp3) is 0.917. The lowest BCUT2D eigenvalue weighted by Gasteiger charge is -2.40. The van der Waals surface area contributed by atoms with Gasteiger partial charge in [0.25, 0.3) is 0 Å². The van der Waals surface area contributed by atoms with Crippen molar-refractivity contribution in [3.63, 3.8) is 0 Å². The van der Waals surface area contributed by atoms with E-state index in [1.54, 1.807) is 0 Å². The summed E-state index contributed by atoms with van der Waals surface area (Å²) in [6.45, 7) is 8.33. The fourth-order valence-electron chi connectivity index (χ4n) is 2.32. The highest BCUT2D eigenvalue weighted by atomic mass is 16.5. The minimum Gasteiger partial charge on any atom is -0.463 e. The average molecular weight is 198 g/mol. The van der Waals surface area contributed by atoms with Crippen molar-refractivity contribution in [2.24, 2.45) is 11.3 Å². The summed E-state index contributed by atoms with van der Waals surface area (Å²) in [5, 5.41) is 0. The van der Waals surface area contributed by atoms with Gasteiger partial charge in [-0.3, -0.25) is 4.79 Å². The molecule has 1 aliphatic carbocycles. The highest BCUT2D eigenvalue weighted by Crippen LogP contribution is 2.42. The Labute approximate surface area is 87.0 Å². The molecule has 0 amide bonds. The zero-order valence-corrected chi connectivity index (χ0v) is 9.80. The van der Waals surface area contributed by atoms with Crippen LogP contribution in [0.25, 0.3) is 0 Å². The Kier molecular flexibility index (Phi) is 3.57. The van der Waals surface area contributed by atoms with Crippen LogP contribution in [0, 0.1) is 11.3 Å². The summed E-state index contributed by atoms with van der Waals surface area (Å²) in [5.41, 5.74) is 0.359. The van der Waals surface area contributed by atoms with Crippen molar-refractivity contribution < 1.29 is 9.53 Å². The van der Waals surface area contributed by atoms with Gasteiger partial charge in [0.15, 0.2) is 0 Å². The molecular formula is C12H22O2. The van der Waals surface area contributed by atoms with Crippen LogP contribution in [0.1, 0.15) is 53.4 Å². The number of ether oxygens (including phenoxy) is 1. The topological polar surface area (TPSA) is 26.3 Å². The van der Waals surface area contributed by atoms with Gasteiger partial charge in [0.1, 0.15) is 6.10 Å². The highest BCUT2D eigenvalue weighted by Gasteiger charge is 2.35. The van der Waals surface area contributed by atoms with Crippen LogP contribution < -0.4 is 0 Å². The number of rotatable bonds is 2. The number of carbonyl (C=O) groups is 1. The predicted octanol–water partition coefficient (Wildman–Crippen LogP) is 3.15. The molecule has 1 rings (SSSR count). The van der Waals surface area contributed by atoms with Crippen molar-refractivity contribution in [3.8, 4) is 0 Å². The fourth-order valence-corrected chi connectivity index (χ4v) is 2.32. The monoisotopic (exact) mass is 198 g/mol. The number of carbonyl (C=O) groups excluding carboxylic acids is 1. The lowest BCUT2D eigenvalue weighted by molar-refractivity contribution is -0.150. The molecule has 0 aromatic heterocycles. The smallest absolute Gasteiger partial charge is 0.302 e. The minimum atomic E-state index is -0.136. The molecule has 0 aromatic carbocycles. The maximum atomic E-state index is 10.9. The lowest BCUT2D eigenvalue weighted by Crippen LogP contribution is -2.35. The van der Waals surface area contributed by atoms with Gasteiger partial charge in [-0.25, -0.2) is 0 Å². The largest absolute Gasteiger partial charge is 0.463 e. The van der Waals surface area contributed by atoms with E-state index in [1.165, 1.54) is 19.8 Å². The Morgan fingerprint density at radius 2 is 2.14 bits per heavy atom. The van der Waals surface area contributed by atoms with Gasteiger partial charge in [0.05, 0.1) is 0 Å². The van der Waals surface area contributed by atoms with Crippen LogP contribution in [0.5, 0.6) is 0 Å². The van der Waals surface area contributed by atoms with Crippen LogP contribution >= 0.6 is 0 Å². The van der Waals surface area contributed by atoms with Gasteiger partial charge in [0, 0.05) is 6.92 Å². The van der Waals surface area contributed by atoms with E-state index in [1.807, 2.05) is 0 Å². The molecule has 2 nitrogen and oxygen atoms in total. The third-order valence-electron chi connectivity index (χ3n) is 3.69. The third-order valence-corrected chi connectivity index (χ3v) is 3.69. The summed E-state index contributed by atoms with van der Waals surface area (Å²) >= 11 is 0. The second-order valence-electron chi connectivity index (χ2n) is 5.14. The Morgan fingerprint density at radius 3 is 2.64 bits per heavy atom. The molecular weight excluding hydrogens is 176 g/mol. The van der Waals surface area contributed by atoms with E-state index in [2.05, 4.69) is 20.8 Å². The van der Waals surface area contributed by atoms with Crippen LogP contribution in [0.2, 0.25) is 0 Å². The Bertz CT molecular complexity index is 210. The van der Waals surface area contributed by atoms with Crippen molar-refractivity contribution in [2.75, 3.05) is 0 Å². The Hall–Kier alpha value is -0.530. The summed E-state index contributed by atoms with van der Waals surface area (Å²) < 4.78 is 5.30. The maximum absolute atomic E-state index is 10.9. The van der Waals surface area contributed by atoms with Gasteiger partial charge in [-0.2, -0.15) is 0 Å². The summed E-state index contributed by atoms with van der Waals surface area (Å²) in [5.74, 6) is 0.531. The van der Waals surface area contributed by atoms with E-state index in [-0.39, 0.29) is 12.1 Å². The first-order chi connectivity index (χ1) is 6.44. The van der Waals surface area contributed by atoms with Crippen molar-refractivity contribution in [1.29, 1.82) is 0 Å². The van der Waals surface area contributed by atoms with Crippen molar-refractivity contribution in [2.45, 2.75) is 59.5 Å². The van der Waals surface area contributed by atoms with E-state index < -0.39 is 0 Å². The van der Waals surface area contributed by atoms with E-state index in [0.717, 1.165) is 12.8 Å². The molecule has 1 aliphatic rings. The van der Waals surface area contributed by atoms with Crippen LogP contribution in [0.15, 0.2) is 0 Å². The molecule has 0 aromatic rings. The van der Waals surface area contributed by atoms with Crippen molar-refractivity contribution in [1.82, 2.24) is 0 Å². The van der Waals surface area contributed by atoms with Crippen molar-refractivity contribution in [3.05, 3.63) is 0 Å². The summed E-state index contributed by atoms with van der Waals surface area (Å²) in [6, 6.07) is 0. The molecule has 1 saturated carbocycles. The van der Waals surface area contributed by atoms with Gasteiger partial charge < -0.3 is 4.74 Å². The molecule has 0 radical (unpaired) electrons. The zero-order chi connectivity index (χ0) is 10.8. The molecule has 82 valence electrons. The van der Waals surface area contributed by atoms with E-state index in [0.29, 0.717) is 11.3 Å². The Morgan fingerprint density at radius 1 is 1.50 bits per heavy atom. The third kappa shape index (κ3) is 2.73. The quantitative estimate of drug-likeness (QED) is 0.637. The van der Waals surface area contributed by atoms with Gasteiger partial charge in [0.2, 0.25) is 0 Å². The minimum absolute atomic E-state index is 0.136. The molecule has 0 aliphatic heterocycles. The van der Waals surface area contributed by atoms with Gasteiger partial charge in [-0.15, -0.1) is 0 Å². The number of esters is 1. The van der Waals surface area contributed by atoms with E-state index in [4.69, 9.17) is 4.74 Å². The van der Waals surface area contributed by atoms with E-state index >= 15 is 0 Å². The first kappa shape index (κ1) is 11.5. The standard InChI is InChI=1S/C12H22O2/c1-9(2)12(4)7-5-6-11(8-12)14-10(3)13/h9,11H,5-8H2,1-4H3/t11?,12-/m1/s1. The van der Waals surface area contributed by atoms with E-state index in [9.17, 15) is 4.79 Å².